The highest BCUT2D eigenvalue weighted by atomic mass is 35.5. The molecule has 0 aliphatic heterocycles. The highest BCUT2D eigenvalue weighted by molar-refractivity contribution is 6.30. The van der Waals surface area contributed by atoms with Crippen LogP contribution in [-0.4, -0.2) is 29.1 Å². The summed E-state index contributed by atoms with van der Waals surface area (Å²) in [6.07, 6.45) is 5.67. The number of aryl methyl sites for hydroxylation is 1. The number of fused-ring (bicyclic) bond motifs is 1. The Labute approximate surface area is 205 Å². The Balaban J connectivity index is 1.22. The van der Waals surface area contributed by atoms with E-state index in [0.29, 0.717) is 18.7 Å². The minimum atomic E-state index is -0.0349. The number of halogens is 1. The zero-order valence-corrected chi connectivity index (χ0v) is 19.9. The number of nitrogens with one attached hydrogen (secondary N) is 3. The number of H-pyrrole nitrogens is 1. The third-order valence-corrected chi connectivity index (χ3v) is 6.20. The van der Waals surface area contributed by atoms with Gasteiger partial charge in [0.05, 0.1) is 0 Å². The third-order valence-electron chi connectivity index (χ3n) is 5.97. The number of carbonyl (C=O) groups is 1. The number of hydrogen-bond donors (Lipinski definition) is 4. The fourth-order valence-corrected chi connectivity index (χ4v) is 4.37. The molecule has 0 aliphatic rings. The minimum absolute atomic E-state index is 0.0349. The van der Waals surface area contributed by atoms with Crippen molar-refractivity contribution in [1.82, 2.24) is 15.6 Å². The van der Waals surface area contributed by atoms with Gasteiger partial charge in [-0.2, -0.15) is 0 Å². The number of rotatable bonds is 11. The molecule has 6 heteroatoms. The van der Waals surface area contributed by atoms with Gasteiger partial charge in [0.25, 0.3) is 5.91 Å². The van der Waals surface area contributed by atoms with Crippen molar-refractivity contribution in [3.8, 4) is 5.75 Å². The molecule has 3 aromatic carbocycles. The van der Waals surface area contributed by atoms with E-state index in [4.69, 9.17) is 11.6 Å². The summed E-state index contributed by atoms with van der Waals surface area (Å²) in [5.41, 5.74) is 5.08. The van der Waals surface area contributed by atoms with Crippen molar-refractivity contribution in [2.24, 2.45) is 0 Å². The van der Waals surface area contributed by atoms with Crippen LogP contribution in [0.15, 0.2) is 72.9 Å². The van der Waals surface area contributed by atoms with Gasteiger partial charge in [-0.15, -0.1) is 0 Å². The van der Waals surface area contributed by atoms with E-state index in [1.54, 1.807) is 12.1 Å². The highest BCUT2D eigenvalue weighted by Gasteiger charge is 2.10. The lowest BCUT2D eigenvalue weighted by molar-refractivity contribution is 0.0952. The van der Waals surface area contributed by atoms with Gasteiger partial charge in [0.15, 0.2) is 0 Å². The van der Waals surface area contributed by atoms with Crippen LogP contribution in [0.1, 0.15) is 39.9 Å². The van der Waals surface area contributed by atoms with Crippen molar-refractivity contribution >= 4 is 28.4 Å². The molecule has 176 valence electrons. The van der Waals surface area contributed by atoms with E-state index in [2.05, 4.69) is 21.7 Å². The summed E-state index contributed by atoms with van der Waals surface area (Å²) >= 11 is 6.04. The van der Waals surface area contributed by atoms with Gasteiger partial charge in [-0.3, -0.25) is 4.79 Å². The van der Waals surface area contributed by atoms with Gasteiger partial charge in [-0.05, 0) is 85.3 Å². The summed E-state index contributed by atoms with van der Waals surface area (Å²) in [7, 11) is 0. The molecule has 0 atom stereocenters. The monoisotopic (exact) mass is 475 g/mol. The number of unbranched alkanes of at least 4 members (excludes halogenated alkanes) is 1. The summed E-state index contributed by atoms with van der Waals surface area (Å²) in [6.45, 7) is 2.03. The molecule has 0 bridgehead atoms. The topological polar surface area (TPSA) is 77.2 Å². The molecule has 0 saturated carbocycles. The molecule has 0 spiro atoms. The maximum absolute atomic E-state index is 12.8. The molecule has 4 rings (SSSR count). The second-order valence-electron chi connectivity index (χ2n) is 8.47. The van der Waals surface area contributed by atoms with Crippen molar-refractivity contribution in [2.45, 2.75) is 32.2 Å². The zero-order chi connectivity index (χ0) is 23.8. The first kappa shape index (κ1) is 23.9. The van der Waals surface area contributed by atoms with E-state index in [-0.39, 0.29) is 11.7 Å². The molecule has 0 radical (unpaired) electrons. The third kappa shape index (κ3) is 6.40. The highest BCUT2D eigenvalue weighted by Crippen LogP contribution is 2.23. The molecule has 1 aromatic heterocycles. The summed E-state index contributed by atoms with van der Waals surface area (Å²) in [5, 5.41) is 18.1. The Morgan fingerprint density at radius 1 is 0.912 bits per heavy atom. The van der Waals surface area contributed by atoms with Crippen LogP contribution in [0, 0.1) is 0 Å². The van der Waals surface area contributed by atoms with Gasteiger partial charge in [-0.1, -0.05) is 41.9 Å². The van der Waals surface area contributed by atoms with E-state index in [0.717, 1.165) is 59.3 Å². The zero-order valence-electron chi connectivity index (χ0n) is 19.1. The molecule has 5 nitrogen and oxygen atoms in total. The number of aromatic amines is 1. The first-order valence-corrected chi connectivity index (χ1v) is 12.1. The first-order valence-electron chi connectivity index (χ1n) is 11.7. The average Bonchev–Trinajstić information content (AvgIpc) is 3.23. The predicted molar refractivity (Wildman–Crippen MR) is 139 cm³/mol. The molecule has 34 heavy (non-hydrogen) atoms. The molecule has 0 unspecified atom stereocenters. The predicted octanol–water partition coefficient (Wildman–Crippen LogP) is 5.61. The van der Waals surface area contributed by atoms with Gasteiger partial charge in [-0.25, -0.2) is 0 Å². The fraction of sp³-hybridized carbons (Fsp3) is 0.250. The van der Waals surface area contributed by atoms with Crippen molar-refractivity contribution in [3.05, 3.63) is 100 Å². The summed E-state index contributed by atoms with van der Waals surface area (Å²) in [6, 6.07) is 21.0. The quantitative estimate of drug-likeness (QED) is 0.213. The Kier molecular flexibility index (Phi) is 8.23. The van der Waals surface area contributed by atoms with Crippen LogP contribution >= 0.6 is 11.6 Å². The van der Waals surface area contributed by atoms with Gasteiger partial charge in [0.1, 0.15) is 5.75 Å². The lowest BCUT2D eigenvalue weighted by Gasteiger charge is -2.11. The second-order valence-corrected chi connectivity index (χ2v) is 8.91. The van der Waals surface area contributed by atoms with Crippen LogP contribution in [0.3, 0.4) is 0 Å². The SMILES string of the molecule is O=C(NCCCCc1cccc(Cl)c1)c1ccccc1CNCCc1c[nH]c2ccc(O)cc12. The summed E-state index contributed by atoms with van der Waals surface area (Å²) < 4.78 is 0. The number of benzene rings is 3. The molecular weight excluding hydrogens is 446 g/mol. The maximum atomic E-state index is 12.8. The summed E-state index contributed by atoms with van der Waals surface area (Å²) in [4.78, 5) is 16.0. The van der Waals surface area contributed by atoms with E-state index in [1.807, 2.05) is 54.7 Å². The normalized spacial score (nSPS) is 11.1. The molecule has 4 aromatic rings. The maximum Gasteiger partial charge on any atom is 0.251 e. The van der Waals surface area contributed by atoms with Crippen LogP contribution in [0.25, 0.3) is 10.9 Å². The number of phenols is 1. The second kappa shape index (κ2) is 11.7. The lowest BCUT2D eigenvalue weighted by atomic mass is 10.1. The van der Waals surface area contributed by atoms with Gasteiger partial charge in [0, 0.05) is 40.8 Å². The first-order chi connectivity index (χ1) is 16.6. The summed E-state index contributed by atoms with van der Waals surface area (Å²) in [5.74, 6) is 0.234. The van der Waals surface area contributed by atoms with Gasteiger partial charge in [0.2, 0.25) is 0 Å². The molecule has 0 fully saturated rings. The molecule has 1 heterocycles. The molecular formula is C28H30ClN3O2. The van der Waals surface area contributed by atoms with E-state index < -0.39 is 0 Å². The van der Waals surface area contributed by atoms with Crippen LogP contribution in [-0.2, 0) is 19.4 Å². The van der Waals surface area contributed by atoms with Crippen molar-refractivity contribution in [1.29, 1.82) is 0 Å². The number of amides is 1. The Morgan fingerprint density at radius 2 is 1.79 bits per heavy atom. The van der Waals surface area contributed by atoms with Crippen LogP contribution < -0.4 is 10.6 Å². The molecule has 0 aliphatic carbocycles. The van der Waals surface area contributed by atoms with Gasteiger partial charge < -0.3 is 20.7 Å². The van der Waals surface area contributed by atoms with E-state index in [9.17, 15) is 9.90 Å². The van der Waals surface area contributed by atoms with E-state index in [1.165, 1.54) is 5.56 Å². The number of phenolic OH excluding ortho intramolecular Hbond substituents is 1. The van der Waals surface area contributed by atoms with Crippen molar-refractivity contribution in [2.75, 3.05) is 13.1 Å². The minimum Gasteiger partial charge on any atom is -0.508 e. The Morgan fingerprint density at radius 3 is 2.68 bits per heavy atom. The van der Waals surface area contributed by atoms with Gasteiger partial charge >= 0.3 is 0 Å². The smallest absolute Gasteiger partial charge is 0.251 e. The largest absolute Gasteiger partial charge is 0.508 e. The standard InChI is InChI=1S/C28H30ClN3O2/c29-23-9-5-7-20(16-23)6-3-4-14-31-28(34)25-10-2-1-8-21(25)18-30-15-13-22-19-32-27-12-11-24(33)17-26(22)27/h1-2,5,7-12,16-17,19,30,32-33H,3-4,6,13-15,18H2,(H,31,34). The average molecular weight is 476 g/mol. The Bertz CT molecular complexity index is 1250. The van der Waals surface area contributed by atoms with Crippen molar-refractivity contribution in [3.63, 3.8) is 0 Å². The number of carbonyl (C=O) groups excluding carboxylic acids is 1. The molecule has 0 saturated heterocycles. The number of aromatic nitrogens is 1. The lowest BCUT2D eigenvalue weighted by Crippen LogP contribution is -2.27. The molecule has 1 amide bonds. The fourth-order valence-electron chi connectivity index (χ4n) is 4.16. The van der Waals surface area contributed by atoms with Crippen LogP contribution in [0.5, 0.6) is 5.75 Å². The van der Waals surface area contributed by atoms with Crippen LogP contribution in [0.2, 0.25) is 5.02 Å². The van der Waals surface area contributed by atoms with E-state index >= 15 is 0 Å². The number of aromatic hydroxyl groups is 1. The van der Waals surface area contributed by atoms with Crippen LogP contribution in [0.4, 0.5) is 0 Å². The van der Waals surface area contributed by atoms with Crippen molar-refractivity contribution < 1.29 is 9.90 Å². The Hall–Kier alpha value is -3.28. The molecule has 4 N–H and O–H groups in total. The number of hydrogen-bond acceptors (Lipinski definition) is 3.